The molecule has 3 atom stereocenters. The van der Waals surface area contributed by atoms with Crippen LogP contribution < -0.4 is 5.32 Å². The molecule has 0 saturated carbocycles. The lowest BCUT2D eigenvalue weighted by Crippen LogP contribution is -2.47. The van der Waals surface area contributed by atoms with Gasteiger partial charge in [-0.05, 0) is 51.1 Å². The van der Waals surface area contributed by atoms with Gasteiger partial charge in [0, 0.05) is 18.6 Å². The second-order valence-corrected chi connectivity index (χ2v) is 6.45. The fourth-order valence-electron chi connectivity index (χ4n) is 3.28. The maximum atomic E-state index is 3.71. The summed E-state index contributed by atoms with van der Waals surface area (Å²) in [5, 5.41) is 3.71. The second-order valence-electron chi connectivity index (χ2n) is 6.45. The molecule has 1 N–H and O–H groups in total. The van der Waals surface area contributed by atoms with Crippen molar-refractivity contribution in [1.82, 2.24) is 10.2 Å². The lowest BCUT2D eigenvalue weighted by molar-refractivity contribution is 0.141. The summed E-state index contributed by atoms with van der Waals surface area (Å²) in [4.78, 5) is 2.77. The van der Waals surface area contributed by atoms with Crippen molar-refractivity contribution < 1.29 is 0 Å². The Labute approximate surface area is 121 Å². The molecule has 1 aliphatic heterocycles. The molecular weight excluding hydrogens is 232 g/mol. The normalized spacial score (nSPS) is 23.5. The molecule has 2 heteroatoms. The van der Waals surface area contributed by atoms with Gasteiger partial charge in [0.15, 0.2) is 0 Å². The third-order valence-corrected chi connectivity index (χ3v) is 4.74. The van der Waals surface area contributed by atoms with E-state index in [9.17, 15) is 0 Å². The average Bonchev–Trinajstić information content (AvgIpc) is 2.45. The molecule has 1 fully saturated rings. The van der Waals surface area contributed by atoms with Crippen LogP contribution in [0.15, 0.2) is 0 Å². The molecule has 0 aliphatic carbocycles. The first-order valence-electron chi connectivity index (χ1n) is 8.68. The third kappa shape index (κ3) is 6.27. The standard InChI is InChI=1S/C17H36N2/c1-5-12-19(14-16-10-8-9-11-18-16)17(7-3)13-15(4)6-2/h15-18H,5-14H2,1-4H3. The number of piperidine rings is 1. The van der Waals surface area contributed by atoms with Crippen molar-refractivity contribution >= 4 is 0 Å². The topological polar surface area (TPSA) is 15.3 Å². The van der Waals surface area contributed by atoms with E-state index in [4.69, 9.17) is 0 Å². The van der Waals surface area contributed by atoms with Crippen molar-refractivity contribution in [2.24, 2.45) is 5.92 Å². The van der Waals surface area contributed by atoms with E-state index in [1.54, 1.807) is 0 Å². The Hall–Kier alpha value is -0.0800. The summed E-state index contributed by atoms with van der Waals surface area (Å²) in [5.41, 5.74) is 0. The smallest absolute Gasteiger partial charge is 0.0195 e. The highest BCUT2D eigenvalue weighted by molar-refractivity contribution is 4.80. The summed E-state index contributed by atoms with van der Waals surface area (Å²) in [6.07, 6.45) is 9.44. The van der Waals surface area contributed by atoms with Crippen LogP contribution in [0.5, 0.6) is 0 Å². The Balaban J connectivity index is 2.51. The number of hydrogen-bond acceptors (Lipinski definition) is 2. The molecule has 0 amide bonds. The molecule has 114 valence electrons. The fraction of sp³-hybridized carbons (Fsp3) is 1.00. The predicted octanol–water partition coefficient (Wildman–Crippen LogP) is 4.06. The molecule has 0 aromatic rings. The maximum Gasteiger partial charge on any atom is 0.0195 e. The van der Waals surface area contributed by atoms with Gasteiger partial charge in [-0.2, -0.15) is 0 Å². The molecule has 1 heterocycles. The summed E-state index contributed by atoms with van der Waals surface area (Å²) in [7, 11) is 0. The molecule has 0 aromatic carbocycles. The Kier molecular flexibility index (Phi) is 8.72. The van der Waals surface area contributed by atoms with Crippen LogP contribution in [0.4, 0.5) is 0 Å². The van der Waals surface area contributed by atoms with Crippen LogP contribution in [-0.2, 0) is 0 Å². The molecule has 2 nitrogen and oxygen atoms in total. The fourth-order valence-corrected chi connectivity index (χ4v) is 3.28. The largest absolute Gasteiger partial charge is 0.313 e. The minimum Gasteiger partial charge on any atom is -0.313 e. The first-order valence-corrected chi connectivity index (χ1v) is 8.68. The van der Waals surface area contributed by atoms with Crippen LogP contribution in [0.2, 0.25) is 0 Å². The van der Waals surface area contributed by atoms with E-state index in [2.05, 4.69) is 37.9 Å². The van der Waals surface area contributed by atoms with Gasteiger partial charge in [-0.3, -0.25) is 4.90 Å². The van der Waals surface area contributed by atoms with Crippen molar-refractivity contribution in [3.8, 4) is 0 Å². The van der Waals surface area contributed by atoms with E-state index in [0.29, 0.717) is 0 Å². The number of rotatable bonds is 9. The number of nitrogens with one attached hydrogen (secondary N) is 1. The molecule has 0 bridgehead atoms. The molecule has 1 saturated heterocycles. The summed E-state index contributed by atoms with van der Waals surface area (Å²) >= 11 is 0. The summed E-state index contributed by atoms with van der Waals surface area (Å²) in [6, 6.07) is 1.53. The Morgan fingerprint density at radius 3 is 2.47 bits per heavy atom. The van der Waals surface area contributed by atoms with Crippen LogP contribution in [0, 0.1) is 5.92 Å². The minimum absolute atomic E-state index is 0.742. The lowest BCUT2D eigenvalue weighted by Gasteiger charge is -2.36. The molecular formula is C17H36N2. The second kappa shape index (κ2) is 9.77. The number of hydrogen-bond donors (Lipinski definition) is 1. The minimum atomic E-state index is 0.742. The summed E-state index contributed by atoms with van der Waals surface area (Å²) in [6.45, 7) is 13.2. The molecule has 0 radical (unpaired) electrons. The van der Waals surface area contributed by atoms with E-state index in [-0.39, 0.29) is 0 Å². The van der Waals surface area contributed by atoms with E-state index in [1.165, 1.54) is 64.6 Å². The zero-order valence-corrected chi connectivity index (χ0v) is 13.8. The van der Waals surface area contributed by atoms with Gasteiger partial charge in [0.25, 0.3) is 0 Å². The SMILES string of the molecule is CCCN(CC1CCCCN1)C(CC)CC(C)CC. The van der Waals surface area contributed by atoms with E-state index in [0.717, 1.165) is 18.0 Å². The molecule has 1 aliphatic rings. The van der Waals surface area contributed by atoms with Crippen LogP contribution in [0.25, 0.3) is 0 Å². The van der Waals surface area contributed by atoms with Gasteiger partial charge in [-0.1, -0.05) is 40.5 Å². The van der Waals surface area contributed by atoms with Gasteiger partial charge in [0.2, 0.25) is 0 Å². The molecule has 0 aromatic heterocycles. The predicted molar refractivity (Wildman–Crippen MR) is 85.7 cm³/mol. The summed E-state index contributed by atoms with van der Waals surface area (Å²) < 4.78 is 0. The van der Waals surface area contributed by atoms with Crippen LogP contribution in [0.1, 0.15) is 72.6 Å². The Morgan fingerprint density at radius 1 is 1.16 bits per heavy atom. The van der Waals surface area contributed by atoms with Crippen LogP contribution in [0.3, 0.4) is 0 Å². The quantitative estimate of drug-likeness (QED) is 0.678. The van der Waals surface area contributed by atoms with E-state index in [1.807, 2.05) is 0 Å². The van der Waals surface area contributed by atoms with Gasteiger partial charge in [0.1, 0.15) is 0 Å². The highest BCUT2D eigenvalue weighted by atomic mass is 15.2. The van der Waals surface area contributed by atoms with Crippen LogP contribution in [-0.4, -0.2) is 36.6 Å². The number of nitrogens with zero attached hydrogens (tertiary/aromatic N) is 1. The van der Waals surface area contributed by atoms with Crippen LogP contribution >= 0.6 is 0 Å². The van der Waals surface area contributed by atoms with Gasteiger partial charge in [0.05, 0.1) is 0 Å². The van der Waals surface area contributed by atoms with E-state index >= 15 is 0 Å². The maximum absolute atomic E-state index is 3.71. The zero-order valence-electron chi connectivity index (χ0n) is 13.8. The third-order valence-electron chi connectivity index (χ3n) is 4.74. The monoisotopic (exact) mass is 268 g/mol. The van der Waals surface area contributed by atoms with Gasteiger partial charge < -0.3 is 5.32 Å². The van der Waals surface area contributed by atoms with E-state index < -0.39 is 0 Å². The van der Waals surface area contributed by atoms with Crippen molar-refractivity contribution in [2.75, 3.05) is 19.6 Å². The summed E-state index contributed by atoms with van der Waals surface area (Å²) in [5.74, 6) is 0.864. The highest BCUT2D eigenvalue weighted by Gasteiger charge is 2.22. The molecule has 1 rings (SSSR count). The Morgan fingerprint density at radius 2 is 1.95 bits per heavy atom. The van der Waals surface area contributed by atoms with Crippen molar-refractivity contribution in [1.29, 1.82) is 0 Å². The van der Waals surface area contributed by atoms with Gasteiger partial charge in [-0.15, -0.1) is 0 Å². The molecule has 0 spiro atoms. The van der Waals surface area contributed by atoms with Crippen molar-refractivity contribution in [3.05, 3.63) is 0 Å². The van der Waals surface area contributed by atoms with Gasteiger partial charge in [-0.25, -0.2) is 0 Å². The zero-order chi connectivity index (χ0) is 14.1. The first kappa shape index (κ1) is 17.0. The first-order chi connectivity index (χ1) is 9.21. The molecule has 19 heavy (non-hydrogen) atoms. The molecule has 3 unspecified atom stereocenters. The van der Waals surface area contributed by atoms with Crippen molar-refractivity contribution in [2.45, 2.75) is 84.7 Å². The van der Waals surface area contributed by atoms with Crippen molar-refractivity contribution in [3.63, 3.8) is 0 Å². The Bertz CT molecular complexity index is 211. The van der Waals surface area contributed by atoms with Gasteiger partial charge >= 0.3 is 0 Å². The average molecular weight is 268 g/mol. The lowest BCUT2D eigenvalue weighted by atomic mass is 9.95. The highest BCUT2D eigenvalue weighted by Crippen LogP contribution is 2.19.